The molecule has 0 unspecified atom stereocenters. The second-order valence-corrected chi connectivity index (χ2v) is 4.50. The van der Waals surface area contributed by atoms with Gasteiger partial charge in [0.2, 0.25) is 0 Å². The molecule has 0 amide bonds. The van der Waals surface area contributed by atoms with Crippen molar-refractivity contribution < 1.29 is 35.9 Å². The van der Waals surface area contributed by atoms with Crippen LogP contribution in [-0.2, 0) is 28.5 Å². The van der Waals surface area contributed by atoms with E-state index >= 15 is 0 Å². The molecular formula is C12H10F6O2S. The summed E-state index contributed by atoms with van der Waals surface area (Å²) in [6.45, 7) is -0.667. The van der Waals surface area contributed by atoms with Gasteiger partial charge in [0.1, 0.15) is 6.61 Å². The molecule has 0 N–H and O–H groups in total. The lowest BCUT2D eigenvalue weighted by Gasteiger charge is -2.14. The second kappa shape index (κ2) is 6.59. The van der Waals surface area contributed by atoms with Gasteiger partial charge in [0, 0.05) is 5.75 Å². The van der Waals surface area contributed by atoms with Crippen LogP contribution in [0, 0.1) is 0 Å². The molecule has 2 nitrogen and oxygen atoms in total. The summed E-state index contributed by atoms with van der Waals surface area (Å²) in [6.07, 6.45) is -9.94. The standard InChI is InChI=1S/C12H10F6O2S/c13-11(14,15)8-3-7(6-20-10(19)1-2-21)4-9(5-8)12(16,17)18/h3-5,21H,1-2,6H2. The zero-order valence-corrected chi connectivity index (χ0v) is 11.3. The first-order chi connectivity index (χ1) is 9.54. The highest BCUT2D eigenvalue weighted by molar-refractivity contribution is 7.80. The van der Waals surface area contributed by atoms with Crippen molar-refractivity contribution in [2.24, 2.45) is 0 Å². The average molecular weight is 332 g/mol. The number of thiol groups is 1. The third kappa shape index (κ3) is 5.49. The van der Waals surface area contributed by atoms with Crippen LogP contribution in [0.3, 0.4) is 0 Å². The maximum Gasteiger partial charge on any atom is 0.416 e. The van der Waals surface area contributed by atoms with E-state index in [1.807, 2.05) is 0 Å². The molecule has 21 heavy (non-hydrogen) atoms. The van der Waals surface area contributed by atoms with Gasteiger partial charge < -0.3 is 4.74 Å². The minimum atomic E-state index is -4.93. The molecule has 1 aromatic rings. The molecule has 0 heterocycles. The Morgan fingerprint density at radius 2 is 1.48 bits per heavy atom. The lowest BCUT2D eigenvalue weighted by molar-refractivity contribution is -0.144. The van der Waals surface area contributed by atoms with Crippen molar-refractivity contribution in [3.05, 3.63) is 34.9 Å². The monoisotopic (exact) mass is 332 g/mol. The number of esters is 1. The molecule has 118 valence electrons. The van der Waals surface area contributed by atoms with Crippen molar-refractivity contribution in [2.45, 2.75) is 25.4 Å². The van der Waals surface area contributed by atoms with Gasteiger partial charge in [-0.1, -0.05) is 0 Å². The molecule has 0 aliphatic heterocycles. The van der Waals surface area contributed by atoms with Crippen LogP contribution in [-0.4, -0.2) is 11.7 Å². The van der Waals surface area contributed by atoms with Crippen LogP contribution in [0.25, 0.3) is 0 Å². The maximum atomic E-state index is 12.6. The van der Waals surface area contributed by atoms with Gasteiger partial charge in [-0.2, -0.15) is 39.0 Å². The average Bonchev–Trinajstić information content (AvgIpc) is 2.34. The summed E-state index contributed by atoms with van der Waals surface area (Å²) in [5.41, 5.74) is -3.28. The Labute approximate surface area is 121 Å². The van der Waals surface area contributed by atoms with E-state index in [0.29, 0.717) is 12.1 Å². The number of alkyl halides is 6. The topological polar surface area (TPSA) is 26.3 Å². The number of carbonyl (C=O) groups is 1. The molecule has 0 spiro atoms. The van der Waals surface area contributed by atoms with E-state index in [2.05, 4.69) is 17.4 Å². The minimum Gasteiger partial charge on any atom is -0.461 e. The van der Waals surface area contributed by atoms with Crippen molar-refractivity contribution in [3.8, 4) is 0 Å². The zero-order valence-electron chi connectivity index (χ0n) is 10.4. The molecule has 0 aliphatic rings. The third-order valence-corrected chi connectivity index (χ3v) is 2.59. The molecule has 0 saturated carbocycles. The highest BCUT2D eigenvalue weighted by Gasteiger charge is 2.36. The van der Waals surface area contributed by atoms with E-state index in [9.17, 15) is 31.1 Å². The van der Waals surface area contributed by atoms with E-state index in [-0.39, 0.29) is 23.8 Å². The molecule has 0 radical (unpaired) electrons. The van der Waals surface area contributed by atoms with Gasteiger partial charge in [-0.25, -0.2) is 0 Å². The lowest BCUT2D eigenvalue weighted by atomic mass is 10.1. The molecule has 0 aromatic heterocycles. The van der Waals surface area contributed by atoms with Crippen LogP contribution < -0.4 is 0 Å². The van der Waals surface area contributed by atoms with Gasteiger partial charge in [0.15, 0.2) is 0 Å². The van der Waals surface area contributed by atoms with Gasteiger partial charge in [0.25, 0.3) is 0 Å². The van der Waals surface area contributed by atoms with E-state index in [0.717, 1.165) is 0 Å². The van der Waals surface area contributed by atoms with Gasteiger partial charge >= 0.3 is 18.3 Å². The van der Waals surface area contributed by atoms with Crippen LogP contribution in [0.4, 0.5) is 26.3 Å². The number of ether oxygens (including phenoxy) is 1. The fraction of sp³-hybridized carbons (Fsp3) is 0.417. The molecule has 0 saturated heterocycles. The summed E-state index contributed by atoms with van der Waals surface area (Å²) in [6, 6.07) is 1.05. The van der Waals surface area contributed by atoms with Gasteiger partial charge in [0.05, 0.1) is 17.5 Å². The Kier molecular flexibility index (Phi) is 5.54. The lowest BCUT2D eigenvalue weighted by Crippen LogP contribution is -2.13. The number of hydrogen-bond donors (Lipinski definition) is 1. The van der Waals surface area contributed by atoms with Crippen LogP contribution >= 0.6 is 12.6 Å². The SMILES string of the molecule is O=C(CCS)OCc1cc(C(F)(F)F)cc(C(F)(F)F)c1. The molecule has 0 atom stereocenters. The summed E-state index contributed by atoms with van der Waals surface area (Å²) < 4.78 is 80.0. The highest BCUT2D eigenvalue weighted by Crippen LogP contribution is 2.36. The normalized spacial score (nSPS) is 12.3. The Morgan fingerprint density at radius 1 is 1.00 bits per heavy atom. The van der Waals surface area contributed by atoms with E-state index in [4.69, 9.17) is 0 Å². The minimum absolute atomic E-state index is 0.0129. The molecule has 9 heteroatoms. The van der Waals surface area contributed by atoms with E-state index in [1.165, 1.54) is 0 Å². The van der Waals surface area contributed by atoms with Gasteiger partial charge in [-0.3, -0.25) is 4.79 Å². The third-order valence-electron chi connectivity index (χ3n) is 2.36. The van der Waals surface area contributed by atoms with Crippen LogP contribution in [0.15, 0.2) is 18.2 Å². The molecule has 0 fully saturated rings. The first kappa shape index (κ1) is 17.7. The number of halogens is 6. The van der Waals surface area contributed by atoms with Crippen LogP contribution in [0.1, 0.15) is 23.1 Å². The highest BCUT2D eigenvalue weighted by atomic mass is 32.1. The summed E-state index contributed by atoms with van der Waals surface area (Å²) in [5.74, 6) is -0.592. The molecule has 1 aromatic carbocycles. The summed E-state index contributed by atoms with van der Waals surface area (Å²) in [4.78, 5) is 11.1. The first-order valence-corrected chi connectivity index (χ1v) is 6.22. The quantitative estimate of drug-likeness (QED) is 0.511. The van der Waals surface area contributed by atoms with Gasteiger partial charge in [-0.15, -0.1) is 0 Å². The van der Waals surface area contributed by atoms with Crippen LogP contribution in [0.2, 0.25) is 0 Å². The molecule has 1 rings (SSSR count). The van der Waals surface area contributed by atoms with E-state index in [1.54, 1.807) is 0 Å². The molecule has 0 aliphatic carbocycles. The first-order valence-electron chi connectivity index (χ1n) is 5.59. The number of benzene rings is 1. The number of carbonyl (C=O) groups excluding carboxylic acids is 1. The van der Waals surface area contributed by atoms with Crippen molar-refractivity contribution >= 4 is 18.6 Å². The van der Waals surface area contributed by atoms with E-state index < -0.39 is 36.1 Å². The maximum absolute atomic E-state index is 12.6. The van der Waals surface area contributed by atoms with Crippen molar-refractivity contribution in [1.29, 1.82) is 0 Å². The van der Waals surface area contributed by atoms with Crippen molar-refractivity contribution in [3.63, 3.8) is 0 Å². The zero-order chi connectivity index (χ0) is 16.3. The second-order valence-electron chi connectivity index (χ2n) is 4.05. The van der Waals surface area contributed by atoms with Crippen LogP contribution in [0.5, 0.6) is 0 Å². The number of hydrogen-bond acceptors (Lipinski definition) is 3. The summed E-state index contributed by atoms with van der Waals surface area (Å²) in [5, 5.41) is 0. The predicted molar refractivity (Wildman–Crippen MR) is 64.7 cm³/mol. The summed E-state index contributed by atoms with van der Waals surface area (Å²) >= 11 is 3.75. The largest absolute Gasteiger partial charge is 0.461 e. The Balaban J connectivity index is 3.06. The number of rotatable bonds is 4. The van der Waals surface area contributed by atoms with Crippen molar-refractivity contribution in [1.82, 2.24) is 0 Å². The Hall–Kier alpha value is -1.38. The smallest absolute Gasteiger partial charge is 0.416 e. The van der Waals surface area contributed by atoms with Gasteiger partial charge in [-0.05, 0) is 23.8 Å². The molecule has 0 bridgehead atoms. The molecular weight excluding hydrogens is 322 g/mol. The fourth-order valence-electron chi connectivity index (χ4n) is 1.43. The summed E-state index contributed by atoms with van der Waals surface area (Å²) in [7, 11) is 0. The Bertz CT molecular complexity index is 477. The fourth-order valence-corrected chi connectivity index (χ4v) is 1.61. The van der Waals surface area contributed by atoms with Crippen molar-refractivity contribution in [2.75, 3.05) is 5.75 Å². The predicted octanol–water partition coefficient (Wildman–Crippen LogP) is 4.09. The Morgan fingerprint density at radius 3 is 1.86 bits per heavy atom.